The van der Waals surface area contributed by atoms with Gasteiger partial charge in [-0.2, -0.15) is 0 Å². The van der Waals surface area contributed by atoms with E-state index in [1.165, 1.54) is 11.6 Å². The van der Waals surface area contributed by atoms with Crippen LogP contribution in [0.3, 0.4) is 0 Å². The molecule has 0 fully saturated rings. The molecule has 0 N–H and O–H groups in total. The highest BCUT2D eigenvalue weighted by atomic mass is 16.5. The van der Waals surface area contributed by atoms with Crippen molar-refractivity contribution in [3.63, 3.8) is 0 Å². The van der Waals surface area contributed by atoms with E-state index in [2.05, 4.69) is 0 Å². The van der Waals surface area contributed by atoms with Gasteiger partial charge in [0.2, 0.25) is 0 Å². The second-order valence-electron chi connectivity index (χ2n) is 7.01. The van der Waals surface area contributed by atoms with E-state index in [-0.39, 0.29) is 19.0 Å². The quantitative estimate of drug-likeness (QED) is 0.292. The zero-order chi connectivity index (χ0) is 19.7. The Balaban J connectivity index is 1.62. The normalized spacial score (nSPS) is 11.1. The largest absolute Gasteiger partial charge is 0.461 e. The maximum Gasteiger partial charge on any atom is 0.336 e. The predicted octanol–water partition coefficient (Wildman–Crippen LogP) is 4.85. The fraction of sp³-hybridized carbons (Fsp3) is 0.167. The minimum absolute atomic E-state index is 0.0276. The molecule has 1 aromatic heterocycles. The van der Waals surface area contributed by atoms with Gasteiger partial charge in [0, 0.05) is 17.0 Å². The Morgan fingerprint density at radius 3 is 2.61 bits per heavy atom. The summed E-state index contributed by atoms with van der Waals surface area (Å²) in [4.78, 5) is 24.3. The lowest BCUT2D eigenvalue weighted by atomic mass is 10.0. The number of hydrogen-bond acceptors (Lipinski definition) is 4. The summed E-state index contributed by atoms with van der Waals surface area (Å²) in [5, 5.41) is 2.80. The molecule has 4 rings (SSSR count). The highest BCUT2D eigenvalue weighted by Crippen LogP contribution is 2.27. The van der Waals surface area contributed by atoms with E-state index in [0.29, 0.717) is 11.1 Å². The van der Waals surface area contributed by atoms with Crippen LogP contribution in [0.2, 0.25) is 0 Å². The molecule has 0 atom stereocenters. The molecule has 1 heterocycles. The molecule has 140 valence electrons. The molecule has 0 bridgehead atoms. The number of carbonyl (C=O) groups excluding carboxylic acids is 1. The number of ether oxygens (including phenoxy) is 1. The Morgan fingerprint density at radius 2 is 1.79 bits per heavy atom. The first-order valence-corrected chi connectivity index (χ1v) is 9.17. The van der Waals surface area contributed by atoms with Gasteiger partial charge >= 0.3 is 11.6 Å². The van der Waals surface area contributed by atoms with Crippen molar-refractivity contribution in [2.75, 3.05) is 0 Å². The van der Waals surface area contributed by atoms with Crippen molar-refractivity contribution in [2.24, 2.45) is 0 Å². The molecule has 0 saturated heterocycles. The summed E-state index contributed by atoms with van der Waals surface area (Å²) in [6.07, 6.45) is 0.196. The maximum absolute atomic E-state index is 12.3. The third-order valence-corrected chi connectivity index (χ3v) is 5.02. The van der Waals surface area contributed by atoms with Gasteiger partial charge in [0.15, 0.2) is 0 Å². The summed E-state index contributed by atoms with van der Waals surface area (Å²) in [6, 6.07) is 18.9. The molecule has 4 aromatic rings. The number of carbonyl (C=O) groups is 1. The van der Waals surface area contributed by atoms with E-state index < -0.39 is 5.63 Å². The monoisotopic (exact) mass is 372 g/mol. The highest BCUT2D eigenvalue weighted by Gasteiger charge is 2.12. The molecule has 3 aromatic carbocycles. The van der Waals surface area contributed by atoms with Crippen LogP contribution < -0.4 is 5.63 Å². The summed E-state index contributed by atoms with van der Waals surface area (Å²) < 4.78 is 10.8. The summed E-state index contributed by atoms with van der Waals surface area (Å²) in [5.74, 6) is -0.329. The molecular formula is C24H20O4. The van der Waals surface area contributed by atoms with Gasteiger partial charge in [-0.25, -0.2) is 4.79 Å². The zero-order valence-corrected chi connectivity index (χ0v) is 15.8. The summed E-state index contributed by atoms with van der Waals surface area (Å²) in [7, 11) is 0. The van der Waals surface area contributed by atoms with Crippen LogP contribution in [-0.4, -0.2) is 5.97 Å². The Bertz CT molecular complexity index is 1250. The zero-order valence-electron chi connectivity index (χ0n) is 15.8. The summed E-state index contributed by atoms with van der Waals surface area (Å²) in [5.41, 5.74) is 3.93. The SMILES string of the molecule is Cc1ccc(CC(=O)OCc2cc(=O)oc3ccc4ccccc4c23)cc1C. The van der Waals surface area contributed by atoms with E-state index in [4.69, 9.17) is 9.15 Å². The first-order valence-electron chi connectivity index (χ1n) is 9.17. The van der Waals surface area contributed by atoms with Crippen LogP contribution in [0.25, 0.3) is 21.7 Å². The molecule has 4 nitrogen and oxygen atoms in total. The van der Waals surface area contributed by atoms with E-state index >= 15 is 0 Å². The van der Waals surface area contributed by atoms with E-state index in [1.807, 2.05) is 62.4 Å². The fourth-order valence-corrected chi connectivity index (χ4v) is 3.42. The van der Waals surface area contributed by atoms with Crippen LogP contribution in [0.1, 0.15) is 22.3 Å². The van der Waals surface area contributed by atoms with Crippen molar-refractivity contribution in [3.05, 3.63) is 93.3 Å². The van der Waals surface area contributed by atoms with Crippen LogP contribution >= 0.6 is 0 Å². The van der Waals surface area contributed by atoms with Gasteiger partial charge in [-0.3, -0.25) is 4.79 Å². The van der Waals surface area contributed by atoms with Crippen molar-refractivity contribution in [1.29, 1.82) is 0 Å². The smallest absolute Gasteiger partial charge is 0.336 e. The summed E-state index contributed by atoms with van der Waals surface area (Å²) >= 11 is 0. The topological polar surface area (TPSA) is 56.5 Å². The average Bonchev–Trinajstić information content (AvgIpc) is 2.68. The number of aryl methyl sites for hydroxylation is 2. The second-order valence-corrected chi connectivity index (χ2v) is 7.01. The number of esters is 1. The van der Waals surface area contributed by atoms with Gasteiger partial charge in [0.25, 0.3) is 0 Å². The maximum atomic E-state index is 12.3. The van der Waals surface area contributed by atoms with Crippen molar-refractivity contribution >= 4 is 27.7 Å². The first kappa shape index (κ1) is 18.0. The molecule has 0 amide bonds. The molecule has 0 aliphatic heterocycles. The van der Waals surface area contributed by atoms with Gasteiger partial charge in [0.1, 0.15) is 12.2 Å². The van der Waals surface area contributed by atoms with Crippen LogP contribution in [0.5, 0.6) is 0 Å². The Morgan fingerprint density at radius 1 is 0.964 bits per heavy atom. The molecule has 0 spiro atoms. The minimum atomic E-state index is -0.456. The molecule has 0 aliphatic carbocycles. The fourth-order valence-electron chi connectivity index (χ4n) is 3.42. The van der Waals surface area contributed by atoms with Gasteiger partial charge in [0.05, 0.1) is 6.42 Å². The molecule has 0 aliphatic rings. The Kier molecular flexibility index (Phi) is 4.70. The lowest BCUT2D eigenvalue weighted by Crippen LogP contribution is -2.10. The van der Waals surface area contributed by atoms with Gasteiger partial charge in [-0.1, -0.05) is 48.5 Å². The number of fused-ring (bicyclic) bond motifs is 3. The average molecular weight is 372 g/mol. The molecule has 0 saturated carbocycles. The number of benzene rings is 3. The minimum Gasteiger partial charge on any atom is -0.461 e. The van der Waals surface area contributed by atoms with Crippen molar-refractivity contribution < 1.29 is 13.9 Å². The number of rotatable bonds is 4. The van der Waals surface area contributed by atoms with Gasteiger partial charge in [-0.15, -0.1) is 0 Å². The predicted molar refractivity (Wildman–Crippen MR) is 109 cm³/mol. The molecule has 0 radical (unpaired) electrons. The lowest BCUT2D eigenvalue weighted by molar-refractivity contribution is -0.144. The molecule has 28 heavy (non-hydrogen) atoms. The van der Waals surface area contributed by atoms with E-state index in [9.17, 15) is 9.59 Å². The lowest BCUT2D eigenvalue weighted by Gasteiger charge is -2.10. The molecule has 4 heteroatoms. The molecule has 0 unspecified atom stereocenters. The van der Waals surface area contributed by atoms with Crippen LogP contribution in [0.15, 0.2) is 69.9 Å². The van der Waals surface area contributed by atoms with E-state index in [0.717, 1.165) is 27.3 Å². The van der Waals surface area contributed by atoms with Gasteiger partial charge in [-0.05, 0) is 47.4 Å². The third-order valence-electron chi connectivity index (χ3n) is 5.02. The highest BCUT2D eigenvalue weighted by molar-refractivity contribution is 6.07. The van der Waals surface area contributed by atoms with Crippen molar-refractivity contribution in [1.82, 2.24) is 0 Å². The first-order chi connectivity index (χ1) is 13.5. The molecular weight excluding hydrogens is 352 g/mol. The standard InChI is InChI=1S/C24H20O4/c1-15-7-8-17(11-16(15)2)12-22(25)27-14-19-13-23(26)28-21-10-9-18-5-3-4-6-20(18)24(19)21/h3-11,13H,12,14H2,1-2H3. The van der Waals surface area contributed by atoms with Crippen molar-refractivity contribution in [3.8, 4) is 0 Å². The van der Waals surface area contributed by atoms with Crippen LogP contribution in [0, 0.1) is 13.8 Å². The third kappa shape index (κ3) is 3.54. The Labute approximate surface area is 162 Å². The Hall–Kier alpha value is -3.40. The van der Waals surface area contributed by atoms with Crippen LogP contribution in [-0.2, 0) is 22.6 Å². The summed E-state index contributed by atoms with van der Waals surface area (Å²) in [6.45, 7) is 4.08. The number of hydrogen-bond donors (Lipinski definition) is 0. The van der Waals surface area contributed by atoms with Crippen LogP contribution in [0.4, 0.5) is 0 Å². The van der Waals surface area contributed by atoms with Crippen molar-refractivity contribution in [2.45, 2.75) is 26.9 Å². The van der Waals surface area contributed by atoms with E-state index in [1.54, 1.807) is 6.07 Å². The second kappa shape index (κ2) is 7.31. The van der Waals surface area contributed by atoms with Gasteiger partial charge < -0.3 is 9.15 Å².